The van der Waals surface area contributed by atoms with Crippen LogP contribution in [0.4, 0.5) is 0 Å². The Morgan fingerprint density at radius 2 is 2.21 bits per heavy atom. The smallest absolute Gasteiger partial charge is 0.149 e. The summed E-state index contributed by atoms with van der Waals surface area (Å²) < 4.78 is 1.53. The number of nitrogens with zero attached hydrogens (tertiary/aromatic N) is 3. The van der Waals surface area contributed by atoms with Crippen molar-refractivity contribution in [3.8, 4) is 0 Å². The average Bonchev–Trinajstić information content (AvgIpc) is 2.48. The van der Waals surface area contributed by atoms with Gasteiger partial charge in [0.05, 0.1) is 0 Å². The third-order valence-electron chi connectivity index (χ3n) is 2.07. The molecule has 5 heteroatoms. The molecule has 0 unspecified atom stereocenters. The van der Waals surface area contributed by atoms with Crippen LogP contribution in [0.1, 0.15) is 25.5 Å². The zero-order valence-electron chi connectivity index (χ0n) is 8.03. The van der Waals surface area contributed by atoms with Gasteiger partial charge in [0.2, 0.25) is 0 Å². The minimum Gasteiger partial charge on any atom is -0.234 e. The Balaban J connectivity index is 2.75. The molecule has 2 heterocycles. The van der Waals surface area contributed by atoms with E-state index in [0.717, 1.165) is 5.69 Å². The van der Waals surface area contributed by atoms with Crippen LogP contribution >= 0.6 is 11.6 Å². The van der Waals surface area contributed by atoms with E-state index >= 15 is 0 Å². The van der Waals surface area contributed by atoms with Gasteiger partial charge in [-0.3, -0.25) is 0 Å². The van der Waals surface area contributed by atoms with Crippen molar-refractivity contribution in [2.75, 3.05) is 0 Å². The summed E-state index contributed by atoms with van der Waals surface area (Å²) in [5.74, 6) is 0.326. The van der Waals surface area contributed by atoms with Crippen LogP contribution in [0.25, 0.3) is 5.65 Å². The summed E-state index contributed by atoms with van der Waals surface area (Å²) in [5.41, 5.74) is 2.10. The van der Waals surface area contributed by atoms with Crippen LogP contribution in [0, 0.1) is 0 Å². The first kappa shape index (κ1) is 9.53. The van der Waals surface area contributed by atoms with Gasteiger partial charge in [0.25, 0.3) is 0 Å². The Kier molecular flexibility index (Phi) is 2.23. The highest BCUT2D eigenvalue weighted by molar-refractivity contribution is 6.36. The Morgan fingerprint density at radius 1 is 1.50 bits per heavy atom. The molecule has 0 saturated heterocycles. The lowest BCUT2D eigenvalue weighted by Crippen LogP contribution is -2.06. The van der Waals surface area contributed by atoms with Crippen molar-refractivity contribution in [1.82, 2.24) is 14.6 Å². The molecule has 0 amide bonds. The molecule has 0 fully saturated rings. The molecule has 0 saturated carbocycles. The molecule has 2 radical (unpaired) electrons. The van der Waals surface area contributed by atoms with Crippen molar-refractivity contribution in [2.45, 2.75) is 19.8 Å². The minimum absolute atomic E-state index is 0.326. The second-order valence-corrected chi connectivity index (χ2v) is 3.88. The van der Waals surface area contributed by atoms with Crippen LogP contribution < -0.4 is 5.46 Å². The second-order valence-electron chi connectivity index (χ2n) is 3.49. The van der Waals surface area contributed by atoms with E-state index in [9.17, 15) is 0 Å². The Hall–Kier alpha value is -1.03. The monoisotopic (exact) mass is 205 g/mol. The maximum Gasteiger partial charge on any atom is 0.149 e. The van der Waals surface area contributed by atoms with Crippen LogP contribution in [-0.4, -0.2) is 22.4 Å². The second kappa shape index (κ2) is 3.28. The fraction of sp³-hybridized carbons (Fsp3) is 0.333. The predicted octanol–water partition coefficient (Wildman–Crippen LogP) is 1.30. The molecule has 0 aliphatic heterocycles. The third-order valence-corrected chi connectivity index (χ3v) is 2.34. The van der Waals surface area contributed by atoms with Crippen molar-refractivity contribution >= 4 is 30.6 Å². The van der Waals surface area contributed by atoms with E-state index in [1.54, 1.807) is 6.20 Å². The summed E-state index contributed by atoms with van der Waals surface area (Å²) in [7, 11) is 5.71. The SMILES string of the molecule is [B]c1cnn2c(Cl)cc(C(C)C)nc12. The van der Waals surface area contributed by atoms with E-state index in [1.165, 1.54) is 4.52 Å². The molecule has 0 aliphatic carbocycles. The van der Waals surface area contributed by atoms with Gasteiger partial charge in [-0.25, -0.2) is 9.50 Å². The first-order valence-corrected chi connectivity index (χ1v) is 4.77. The predicted molar refractivity (Wildman–Crippen MR) is 57.5 cm³/mol. The molecule has 0 aliphatic rings. The van der Waals surface area contributed by atoms with Crippen molar-refractivity contribution in [3.63, 3.8) is 0 Å². The van der Waals surface area contributed by atoms with Crippen molar-refractivity contribution < 1.29 is 0 Å². The van der Waals surface area contributed by atoms with Crippen LogP contribution in [0.5, 0.6) is 0 Å². The molecule has 0 bridgehead atoms. The highest BCUT2D eigenvalue weighted by Crippen LogP contribution is 2.17. The number of hydrogen-bond donors (Lipinski definition) is 0. The molecule has 3 nitrogen and oxygen atoms in total. The maximum absolute atomic E-state index is 6.02. The number of fused-ring (bicyclic) bond motifs is 1. The standard InChI is InChI=1S/C9H9BClN3/c1-5(2)7-3-8(11)14-9(13-7)6(10)4-12-14/h3-5H,1-2H3. The van der Waals surface area contributed by atoms with Gasteiger partial charge in [0, 0.05) is 11.9 Å². The Morgan fingerprint density at radius 3 is 2.86 bits per heavy atom. The zero-order valence-corrected chi connectivity index (χ0v) is 8.78. The molecule has 0 aromatic carbocycles. The molecule has 2 aromatic heterocycles. The van der Waals surface area contributed by atoms with E-state index in [-0.39, 0.29) is 0 Å². The van der Waals surface area contributed by atoms with E-state index in [2.05, 4.69) is 23.9 Å². The van der Waals surface area contributed by atoms with E-state index < -0.39 is 0 Å². The highest BCUT2D eigenvalue weighted by Gasteiger charge is 2.09. The van der Waals surface area contributed by atoms with Gasteiger partial charge in [0.1, 0.15) is 18.6 Å². The summed E-state index contributed by atoms with van der Waals surface area (Å²) in [6.07, 6.45) is 1.55. The number of aromatic nitrogens is 3. The van der Waals surface area contributed by atoms with Gasteiger partial charge in [-0.2, -0.15) is 5.10 Å². The van der Waals surface area contributed by atoms with Crippen LogP contribution in [0.3, 0.4) is 0 Å². The van der Waals surface area contributed by atoms with Crippen molar-refractivity contribution in [1.29, 1.82) is 0 Å². The third kappa shape index (κ3) is 1.40. The quantitative estimate of drug-likeness (QED) is 0.519. The molecule has 14 heavy (non-hydrogen) atoms. The molecule has 70 valence electrons. The number of hydrogen-bond acceptors (Lipinski definition) is 2. The highest BCUT2D eigenvalue weighted by atomic mass is 35.5. The number of rotatable bonds is 1. The molecular formula is C9H9BClN3. The van der Waals surface area contributed by atoms with Gasteiger partial charge >= 0.3 is 0 Å². The topological polar surface area (TPSA) is 30.2 Å². The molecule has 2 aromatic rings. The fourth-order valence-electron chi connectivity index (χ4n) is 1.26. The van der Waals surface area contributed by atoms with Gasteiger partial charge in [0.15, 0.2) is 0 Å². The lowest BCUT2D eigenvalue weighted by molar-refractivity contribution is 0.809. The lowest BCUT2D eigenvalue weighted by Gasteiger charge is -2.06. The van der Waals surface area contributed by atoms with E-state index in [1.807, 2.05) is 6.07 Å². The van der Waals surface area contributed by atoms with Gasteiger partial charge in [-0.05, 0) is 17.4 Å². The largest absolute Gasteiger partial charge is 0.234 e. The first-order chi connectivity index (χ1) is 6.59. The zero-order chi connectivity index (χ0) is 10.3. The first-order valence-electron chi connectivity index (χ1n) is 4.39. The maximum atomic E-state index is 6.02. The molecule has 0 atom stereocenters. The summed E-state index contributed by atoms with van der Waals surface area (Å²) in [6.45, 7) is 4.11. The summed E-state index contributed by atoms with van der Waals surface area (Å²) in [4.78, 5) is 4.39. The fourth-order valence-corrected chi connectivity index (χ4v) is 1.49. The normalized spacial score (nSPS) is 11.4. The van der Waals surface area contributed by atoms with Crippen molar-refractivity contribution in [2.24, 2.45) is 0 Å². The number of halogens is 1. The molecule has 2 rings (SSSR count). The Bertz CT molecular complexity index is 478. The molecule has 0 spiro atoms. The molecule has 0 N–H and O–H groups in total. The van der Waals surface area contributed by atoms with Crippen molar-refractivity contribution in [3.05, 3.63) is 23.1 Å². The molecular weight excluding hydrogens is 196 g/mol. The van der Waals surface area contributed by atoms with Crippen LogP contribution in [-0.2, 0) is 0 Å². The summed E-state index contributed by atoms with van der Waals surface area (Å²) in [6, 6.07) is 1.81. The van der Waals surface area contributed by atoms with E-state index in [4.69, 9.17) is 19.4 Å². The summed E-state index contributed by atoms with van der Waals surface area (Å²) >= 11 is 6.02. The lowest BCUT2D eigenvalue weighted by atomic mass is 10.0. The van der Waals surface area contributed by atoms with E-state index in [0.29, 0.717) is 22.2 Å². The minimum atomic E-state index is 0.326. The Labute approximate surface area is 88.5 Å². The van der Waals surface area contributed by atoms with Crippen LogP contribution in [0.15, 0.2) is 12.3 Å². The van der Waals surface area contributed by atoms with Gasteiger partial charge in [-0.1, -0.05) is 25.4 Å². The average molecular weight is 205 g/mol. The van der Waals surface area contributed by atoms with Crippen LogP contribution in [0.2, 0.25) is 5.15 Å². The van der Waals surface area contributed by atoms with Gasteiger partial charge in [-0.15, -0.1) is 0 Å². The van der Waals surface area contributed by atoms with Gasteiger partial charge < -0.3 is 0 Å². The summed E-state index contributed by atoms with van der Waals surface area (Å²) in [5, 5.41) is 4.55.